The molecule has 2 amide bonds. The van der Waals surface area contributed by atoms with Gasteiger partial charge in [0.15, 0.2) is 0 Å². The fraction of sp³-hybridized carbons (Fsp3) is 0.286. The predicted octanol–water partition coefficient (Wildman–Crippen LogP) is 3.21. The van der Waals surface area contributed by atoms with Gasteiger partial charge in [0.25, 0.3) is 21.8 Å². The Balaban J connectivity index is 1.40. The van der Waals surface area contributed by atoms with Crippen LogP contribution in [-0.4, -0.2) is 42.1 Å². The van der Waals surface area contributed by atoms with Crippen molar-refractivity contribution in [2.45, 2.75) is 37.6 Å². The molecular formula is C21H21N3O4S2. The summed E-state index contributed by atoms with van der Waals surface area (Å²) in [6.07, 6.45) is 1.46. The topological polar surface area (TPSA) is 96.4 Å². The van der Waals surface area contributed by atoms with Crippen LogP contribution in [0.15, 0.2) is 47.4 Å². The van der Waals surface area contributed by atoms with Crippen molar-refractivity contribution in [3.05, 3.63) is 58.6 Å². The fourth-order valence-electron chi connectivity index (χ4n) is 3.47. The molecular weight excluding hydrogens is 422 g/mol. The van der Waals surface area contributed by atoms with Gasteiger partial charge in [0, 0.05) is 24.6 Å². The summed E-state index contributed by atoms with van der Waals surface area (Å²) in [5.41, 5.74) is 1.30. The molecule has 0 saturated carbocycles. The molecule has 0 bridgehead atoms. The third-order valence-electron chi connectivity index (χ3n) is 4.87. The van der Waals surface area contributed by atoms with E-state index in [0.717, 1.165) is 26.0 Å². The summed E-state index contributed by atoms with van der Waals surface area (Å²) in [5, 5.41) is 3.83. The average molecular weight is 444 g/mol. The van der Waals surface area contributed by atoms with E-state index < -0.39 is 22.0 Å². The van der Waals surface area contributed by atoms with E-state index in [1.165, 1.54) is 18.2 Å². The summed E-state index contributed by atoms with van der Waals surface area (Å²) in [6.45, 7) is 3.72. The summed E-state index contributed by atoms with van der Waals surface area (Å²) in [5.74, 6) is -0.921. The Morgan fingerprint density at radius 1 is 1.20 bits per heavy atom. The monoisotopic (exact) mass is 443 g/mol. The van der Waals surface area contributed by atoms with Gasteiger partial charge in [-0.25, -0.2) is 17.7 Å². The van der Waals surface area contributed by atoms with Crippen LogP contribution in [0, 0.1) is 0 Å². The smallest absolute Gasteiger partial charge is 0.269 e. The number of aromatic nitrogens is 1. The summed E-state index contributed by atoms with van der Waals surface area (Å²) >= 11 is 1.64. The van der Waals surface area contributed by atoms with E-state index in [9.17, 15) is 18.0 Å². The number of hydrogen-bond donors (Lipinski definition) is 1. The number of aryl methyl sites for hydroxylation is 1. The molecule has 0 radical (unpaired) electrons. The largest absolute Gasteiger partial charge is 0.352 e. The molecule has 1 aliphatic rings. The van der Waals surface area contributed by atoms with Crippen LogP contribution in [0.2, 0.25) is 0 Å². The third kappa shape index (κ3) is 3.59. The highest BCUT2D eigenvalue weighted by atomic mass is 32.2. The molecule has 2 heterocycles. The highest BCUT2D eigenvalue weighted by Crippen LogP contribution is 2.32. The van der Waals surface area contributed by atoms with Gasteiger partial charge in [-0.3, -0.25) is 9.59 Å². The number of benzene rings is 2. The predicted molar refractivity (Wildman–Crippen MR) is 115 cm³/mol. The molecule has 156 valence electrons. The molecule has 3 aromatic rings. The molecule has 9 heteroatoms. The lowest BCUT2D eigenvalue weighted by Gasteiger charge is -2.18. The number of carbonyl (C=O) groups excluding carboxylic acids is 2. The molecule has 7 nitrogen and oxygen atoms in total. The normalized spacial score (nSPS) is 15.0. The summed E-state index contributed by atoms with van der Waals surface area (Å²) < 4.78 is 27.3. The van der Waals surface area contributed by atoms with Gasteiger partial charge in [-0.05, 0) is 50.6 Å². The van der Waals surface area contributed by atoms with Gasteiger partial charge in [0.1, 0.15) is 4.90 Å². The number of thiazole rings is 1. The zero-order chi connectivity index (χ0) is 21.5. The number of para-hydroxylation sites is 1. The van der Waals surface area contributed by atoms with Gasteiger partial charge < -0.3 is 5.32 Å². The van der Waals surface area contributed by atoms with Gasteiger partial charge in [0.2, 0.25) is 0 Å². The SMILES string of the molecule is CC(C)N1C(=O)c2ccc(C(=O)NCCCc3nc4ccccc4s3)cc2S1(=O)=O. The second-order valence-corrected chi connectivity index (χ2v) is 10.2. The lowest BCUT2D eigenvalue weighted by molar-refractivity contribution is 0.0845. The number of carbonyl (C=O) groups is 2. The first kappa shape index (κ1) is 20.5. The van der Waals surface area contributed by atoms with Crippen molar-refractivity contribution in [2.24, 2.45) is 0 Å². The van der Waals surface area contributed by atoms with Crippen LogP contribution in [0.4, 0.5) is 0 Å². The van der Waals surface area contributed by atoms with Gasteiger partial charge >= 0.3 is 0 Å². The van der Waals surface area contributed by atoms with E-state index in [1.54, 1.807) is 25.2 Å². The average Bonchev–Trinajstić information content (AvgIpc) is 3.20. The molecule has 0 atom stereocenters. The lowest BCUT2D eigenvalue weighted by Crippen LogP contribution is -2.36. The maximum absolute atomic E-state index is 12.7. The minimum atomic E-state index is -3.93. The number of hydrogen-bond acceptors (Lipinski definition) is 6. The van der Waals surface area contributed by atoms with Crippen molar-refractivity contribution in [3.63, 3.8) is 0 Å². The molecule has 0 unspecified atom stereocenters. The summed E-state index contributed by atoms with van der Waals surface area (Å²) in [4.78, 5) is 29.3. The Kier molecular flexibility index (Phi) is 5.33. The van der Waals surface area contributed by atoms with Gasteiger partial charge in [-0.1, -0.05) is 12.1 Å². The Labute approximate surface area is 178 Å². The molecule has 30 heavy (non-hydrogen) atoms. The second-order valence-electron chi connectivity index (χ2n) is 7.35. The zero-order valence-corrected chi connectivity index (χ0v) is 18.2. The van der Waals surface area contributed by atoms with E-state index >= 15 is 0 Å². The minimum Gasteiger partial charge on any atom is -0.352 e. The highest BCUT2D eigenvalue weighted by molar-refractivity contribution is 7.90. The van der Waals surface area contributed by atoms with Crippen LogP contribution in [-0.2, 0) is 16.4 Å². The second kappa shape index (κ2) is 7.81. The van der Waals surface area contributed by atoms with E-state index in [0.29, 0.717) is 13.0 Å². The van der Waals surface area contributed by atoms with Crippen LogP contribution >= 0.6 is 11.3 Å². The van der Waals surface area contributed by atoms with Gasteiger partial charge in [-0.2, -0.15) is 0 Å². The maximum atomic E-state index is 12.7. The lowest BCUT2D eigenvalue weighted by atomic mass is 10.1. The molecule has 0 saturated heterocycles. The summed E-state index contributed by atoms with van der Waals surface area (Å²) in [6, 6.07) is 11.6. The zero-order valence-electron chi connectivity index (χ0n) is 16.6. The quantitative estimate of drug-likeness (QED) is 0.590. The Bertz CT molecular complexity index is 1220. The maximum Gasteiger partial charge on any atom is 0.269 e. The first-order valence-corrected chi connectivity index (χ1v) is 11.9. The number of nitrogens with one attached hydrogen (secondary N) is 1. The Morgan fingerprint density at radius 3 is 2.70 bits per heavy atom. The molecule has 0 fully saturated rings. The number of fused-ring (bicyclic) bond motifs is 2. The molecule has 1 N–H and O–H groups in total. The molecule has 0 spiro atoms. The number of rotatable bonds is 6. The molecule has 1 aliphatic heterocycles. The van der Waals surface area contributed by atoms with E-state index in [4.69, 9.17) is 0 Å². The van der Waals surface area contributed by atoms with Crippen LogP contribution < -0.4 is 5.32 Å². The van der Waals surface area contributed by atoms with Crippen LogP contribution in [0.5, 0.6) is 0 Å². The number of sulfonamides is 1. The van der Waals surface area contributed by atoms with E-state index in [2.05, 4.69) is 10.3 Å². The number of amides is 2. The fourth-order valence-corrected chi connectivity index (χ4v) is 6.27. The van der Waals surface area contributed by atoms with Gasteiger partial charge in [-0.15, -0.1) is 11.3 Å². The molecule has 0 aliphatic carbocycles. The molecule has 2 aromatic carbocycles. The Hall–Kier alpha value is -2.78. The Morgan fingerprint density at radius 2 is 1.97 bits per heavy atom. The van der Waals surface area contributed by atoms with Crippen molar-refractivity contribution < 1.29 is 18.0 Å². The van der Waals surface area contributed by atoms with Crippen molar-refractivity contribution in [2.75, 3.05) is 6.54 Å². The highest BCUT2D eigenvalue weighted by Gasteiger charge is 2.42. The van der Waals surface area contributed by atoms with Crippen LogP contribution in [0.3, 0.4) is 0 Å². The first-order chi connectivity index (χ1) is 14.3. The summed E-state index contributed by atoms with van der Waals surface area (Å²) in [7, 11) is -3.93. The molecule has 4 rings (SSSR count). The minimum absolute atomic E-state index is 0.107. The van der Waals surface area contributed by atoms with Crippen LogP contribution in [0.1, 0.15) is 46.0 Å². The number of nitrogens with zero attached hydrogens (tertiary/aromatic N) is 2. The van der Waals surface area contributed by atoms with Crippen molar-refractivity contribution in [3.8, 4) is 0 Å². The van der Waals surface area contributed by atoms with Crippen molar-refractivity contribution >= 4 is 43.4 Å². The van der Waals surface area contributed by atoms with E-state index in [1.807, 2.05) is 24.3 Å². The third-order valence-corrected chi connectivity index (χ3v) is 7.97. The van der Waals surface area contributed by atoms with Crippen molar-refractivity contribution in [1.29, 1.82) is 0 Å². The first-order valence-electron chi connectivity index (χ1n) is 9.64. The molecule has 1 aromatic heterocycles. The standard InChI is InChI=1S/C21H21N3O4S2/c1-13(2)24-21(26)15-10-9-14(12-18(15)30(24,27)28)20(25)22-11-5-8-19-23-16-6-3-4-7-17(16)29-19/h3-4,6-7,9-10,12-13H,5,8,11H2,1-2H3,(H,22,25). The van der Waals surface area contributed by atoms with Gasteiger partial charge in [0.05, 0.1) is 20.8 Å². The van der Waals surface area contributed by atoms with Crippen molar-refractivity contribution in [1.82, 2.24) is 14.6 Å². The van der Waals surface area contributed by atoms with E-state index in [-0.39, 0.29) is 21.9 Å². The van der Waals surface area contributed by atoms with Crippen LogP contribution in [0.25, 0.3) is 10.2 Å².